The maximum Gasteiger partial charge on any atom is 0.161 e. The Balaban J connectivity index is 2.59. The van der Waals surface area contributed by atoms with Crippen LogP contribution in [0.15, 0.2) is 24.3 Å². The van der Waals surface area contributed by atoms with Crippen LogP contribution in [0.4, 0.5) is 0 Å². The third kappa shape index (κ3) is 4.24. The first kappa shape index (κ1) is 11.9. The molecule has 2 heteroatoms. The largest absolute Gasteiger partial charge is 0.490 e. The van der Waals surface area contributed by atoms with Crippen molar-refractivity contribution in [2.75, 3.05) is 13.2 Å². The Morgan fingerprint density at radius 3 is 2.20 bits per heavy atom. The van der Waals surface area contributed by atoms with Gasteiger partial charge in [0.2, 0.25) is 0 Å². The molecule has 84 valence electrons. The molecule has 0 aliphatic carbocycles. The zero-order valence-corrected chi connectivity index (χ0v) is 9.82. The lowest BCUT2D eigenvalue weighted by Crippen LogP contribution is -2.06. The normalized spacial score (nSPS) is 10.4. The van der Waals surface area contributed by atoms with Crippen LogP contribution in [0.1, 0.15) is 27.2 Å². The highest BCUT2D eigenvalue weighted by atomic mass is 16.5. The Kier molecular flexibility index (Phi) is 5.02. The smallest absolute Gasteiger partial charge is 0.161 e. The van der Waals surface area contributed by atoms with Crippen molar-refractivity contribution in [3.05, 3.63) is 24.3 Å². The van der Waals surface area contributed by atoms with Crippen molar-refractivity contribution in [3.63, 3.8) is 0 Å². The molecule has 0 radical (unpaired) electrons. The van der Waals surface area contributed by atoms with Gasteiger partial charge in [0, 0.05) is 0 Å². The van der Waals surface area contributed by atoms with Gasteiger partial charge in [-0.2, -0.15) is 0 Å². The highest BCUT2D eigenvalue weighted by Gasteiger charge is 2.04. The lowest BCUT2D eigenvalue weighted by molar-refractivity contribution is 0.244. The fourth-order valence-electron chi connectivity index (χ4n) is 1.16. The SMILES string of the molecule is CCCOc1ccccc1OCC(C)C. The van der Waals surface area contributed by atoms with E-state index in [1.54, 1.807) is 0 Å². The highest BCUT2D eigenvalue weighted by molar-refractivity contribution is 5.39. The van der Waals surface area contributed by atoms with Crippen LogP contribution in [0.25, 0.3) is 0 Å². The molecule has 0 aliphatic heterocycles. The molecule has 0 aliphatic rings. The maximum absolute atomic E-state index is 5.67. The summed E-state index contributed by atoms with van der Waals surface area (Å²) in [6.07, 6.45) is 1.01. The van der Waals surface area contributed by atoms with Gasteiger partial charge < -0.3 is 9.47 Å². The Hall–Kier alpha value is -1.18. The number of benzene rings is 1. The van der Waals surface area contributed by atoms with E-state index in [4.69, 9.17) is 9.47 Å². The number of rotatable bonds is 6. The standard InChI is InChI=1S/C13H20O2/c1-4-9-14-12-7-5-6-8-13(12)15-10-11(2)3/h5-8,11H,4,9-10H2,1-3H3. The molecule has 0 amide bonds. The third-order valence-corrected chi connectivity index (χ3v) is 1.88. The molecule has 0 N–H and O–H groups in total. The Morgan fingerprint density at radius 2 is 1.67 bits per heavy atom. The van der Waals surface area contributed by atoms with Gasteiger partial charge in [-0.25, -0.2) is 0 Å². The Labute approximate surface area is 92.2 Å². The molecule has 0 unspecified atom stereocenters. The number of ether oxygens (including phenoxy) is 2. The van der Waals surface area contributed by atoms with Crippen molar-refractivity contribution < 1.29 is 9.47 Å². The van der Waals surface area contributed by atoms with E-state index >= 15 is 0 Å². The third-order valence-electron chi connectivity index (χ3n) is 1.88. The van der Waals surface area contributed by atoms with Crippen LogP contribution in [0, 0.1) is 5.92 Å². The molecule has 1 aromatic rings. The fourth-order valence-corrected chi connectivity index (χ4v) is 1.16. The van der Waals surface area contributed by atoms with E-state index in [2.05, 4.69) is 20.8 Å². The number of hydrogen-bond acceptors (Lipinski definition) is 2. The lowest BCUT2D eigenvalue weighted by atomic mass is 10.2. The average molecular weight is 208 g/mol. The van der Waals surface area contributed by atoms with Crippen LogP contribution in [-0.2, 0) is 0 Å². The predicted octanol–water partition coefficient (Wildman–Crippen LogP) is 3.51. The van der Waals surface area contributed by atoms with Crippen molar-refractivity contribution >= 4 is 0 Å². The minimum absolute atomic E-state index is 0.532. The zero-order valence-electron chi connectivity index (χ0n) is 9.82. The van der Waals surface area contributed by atoms with Gasteiger partial charge in [0.05, 0.1) is 13.2 Å². The molecule has 0 aromatic heterocycles. The zero-order chi connectivity index (χ0) is 11.1. The molecule has 0 atom stereocenters. The molecular formula is C13H20O2. The van der Waals surface area contributed by atoms with Gasteiger partial charge in [-0.1, -0.05) is 32.9 Å². The van der Waals surface area contributed by atoms with Gasteiger partial charge in [-0.3, -0.25) is 0 Å². The monoisotopic (exact) mass is 208 g/mol. The summed E-state index contributed by atoms with van der Waals surface area (Å²) in [5, 5.41) is 0. The fraction of sp³-hybridized carbons (Fsp3) is 0.538. The van der Waals surface area contributed by atoms with Crippen LogP contribution < -0.4 is 9.47 Å². The topological polar surface area (TPSA) is 18.5 Å². The van der Waals surface area contributed by atoms with Crippen molar-refractivity contribution in [3.8, 4) is 11.5 Å². The molecule has 0 bridgehead atoms. The maximum atomic E-state index is 5.67. The summed E-state index contributed by atoms with van der Waals surface area (Å²) in [5.74, 6) is 2.23. The predicted molar refractivity (Wildman–Crippen MR) is 62.6 cm³/mol. The van der Waals surface area contributed by atoms with Gasteiger partial charge in [0.25, 0.3) is 0 Å². The first-order valence-corrected chi connectivity index (χ1v) is 5.58. The summed E-state index contributed by atoms with van der Waals surface area (Å²) in [5.41, 5.74) is 0. The summed E-state index contributed by atoms with van der Waals surface area (Å²) >= 11 is 0. The number of para-hydroxylation sites is 2. The molecule has 1 aromatic carbocycles. The molecule has 0 spiro atoms. The second-order valence-electron chi connectivity index (χ2n) is 4.00. The molecule has 0 saturated carbocycles. The minimum atomic E-state index is 0.532. The van der Waals surface area contributed by atoms with Crippen molar-refractivity contribution in [2.24, 2.45) is 5.92 Å². The summed E-state index contributed by atoms with van der Waals surface area (Å²) in [6.45, 7) is 7.83. The van der Waals surface area contributed by atoms with E-state index in [0.717, 1.165) is 31.1 Å². The quantitative estimate of drug-likeness (QED) is 0.712. The second kappa shape index (κ2) is 6.33. The van der Waals surface area contributed by atoms with Gasteiger partial charge in [0.1, 0.15) is 0 Å². The second-order valence-corrected chi connectivity index (χ2v) is 4.00. The van der Waals surface area contributed by atoms with Gasteiger partial charge in [-0.05, 0) is 24.5 Å². The van der Waals surface area contributed by atoms with E-state index in [0.29, 0.717) is 5.92 Å². The lowest BCUT2D eigenvalue weighted by Gasteiger charge is -2.13. The molecular weight excluding hydrogens is 188 g/mol. The molecule has 1 rings (SSSR count). The first-order valence-electron chi connectivity index (χ1n) is 5.58. The Bertz CT molecular complexity index is 282. The molecule has 0 saturated heterocycles. The highest BCUT2D eigenvalue weighted by Crippen LogP contribution is 2.26. The summed E-state index contributed by atoms with van der Waals surface area (Å²) in [6, 6.07) is 7.83. The van der Waals surface area contributed by atoms with Crippen molar-refractivity contribution in [2.45, 2.75) is 27.2 Å². The van der Waals surface area contributed by atoms with E-state index in [9.17, 15) is 0 Å². The summed E-state index contributed by atoms with van der Waals surface area (Å²) in [7, 11) is 0. The van der Waals surface area contributed by atoms with Crippen LogP contribution >= 0.6 is 0 Å². The number of hydrogen-bond donors (Lipinski definition) is 0. The van der Waals surface area contributed by atoms with Crippen LogP contribution in [0.5, 0.6) is 11.5 Å². The van der Waals surface area contributed by atoms with Crippen molar-refractivity contribution in [1.82, 2.24) is 0 Å². The van der Waals surface area contributed by atoms with Gasteiger partial charge in [0.15, 0.2) is 11.5 Å². The minimum Gasteiger partial charge on any atom is -0.490 e. The summed E-state index contributed by atoms with van der Waals surface area (Å²) < 4.78 is 11.3. The van der Waals surface area contributed by atoms with Crippen LogP contribution in [0.2, 0.25) is 0 Å². The average Bonchev–Trinajstić information content (AvgIpc) is 2.24. The Morgan fingerprint density at radius 1 is 1.07 bits per heavy atom. The van der Waals surface area contributed by atoms with E-state index in [-0.39, 0.29) is 0 Å². The van der Waals surface area contributed by atoms with E-state index in [1.165, 1.54) is 0 Å². The van der Waals surface area contributed by atoms with E-state index < -0.39 is 0 Å². The first-order chi connectivity index (χ1) is 7.24. The van der Waals surface area contributed by atoms with E-state index in [1.807, 2.05) is 24.3 Å². The summed E-state index contributed by atoms with van der Waals surface area (Å²) in [4.78, 5) is 0. The van der Waals surface area contributed by atoms with Gasteiger partial charge in [-0.15, -0.1) is 0 Å². The molecule has 15 heavy (non-hydrogen) atoms. The molecule has 0 heterocycles. The van der Waals surface area contributed by atoms with Crippen LogP contribution in [-0.4, -0.2) is 13.2 Å². The van der Waals surface area contributed by atoms with Crippen LogP contribution in [0.3, 0.4) is 0 Å². The van der Waals surface area contributed by atoms with Crippen molar-refractivity contribution in [1.29, 1.82) is 0 Å². The molecule has 2 nitrogen and oxygen atoms in total. The van der Waals surface area contributed by atoms with Gasteiger partial charge >= 0.3 is 0 Å². The molecule has 0 fully saturated rings.